The third kappa shape index (κ3) is 1.89. The number of morpholine rings is 1. The van der Waals surface area contributed by atoms with Crippen molar-refractivity contribution in [3.8, 4) is 0 Å². The van der Waals surface area contributed by atoms with Gasteiger partial charge in [-0.2, -0.15) is 0 Å². The lowest BCUT2D eigenvalue weighted by Gasteiger charge is -2.41. The molecule has 1 atom stereocenters. The summed E-state index contributed by atoms with van der Waals surface area (Å²) in [5.41, 5.74) is 0.354. The van der Waals surface area contributed by atoms with E-state index in [9.17, 15) is 0 Å². The number of ether oxygens (including phenoxy) is 1. The molecule has 0 aromatic carbocycles. The molecular weight excluding hydrogens is 162 g/mol. The minimum absolute atomic E-state index is 0.354. The van der Waals surface area contributed by atoms with Crippen molar-refractivity contribution >= 4 is 0 Å². The fourth-order valence-electron chi connectivity index (χ4n) is 2.56. The maximum absolute atomic E-state index is 5.72. The van der Waals surface area contributed by atoms with Crippen LogP contribution in [0.2, 0.25) is 0 Å². The van der Waals surface area contributed by atoms with E-state index in [1.807, 2.05) is 0 Å². The van der Waals surface area contributed by atoms with Gasteiger partial charge < -0.3 is 10.1 Å². The molecule has 1 aliphatic carbocycles. The van der Waals surface area contributed by atoms with E-state index < -0.39 is 0 Å². The molecule has 0 radical (unpaired) electrons. The van der Waals surface area contributed by atoms with Crippen LogP contribution in [0, 0.1) is 5.92 Å². The molecular formula is C11H21NO. The Balaban J connectivity index is 1.98. The highest BCUT2D eigenvalue weighted by Gasteiger charge is 2.39. The van der Waals surface area contributed by atoms with Crippen LogP contribution in [-0.2, 0) is 4.74 Å². The Kier molecular flexibility index (Phi) is 2.61. The first-order valence-corrected chi connectivity index (χ1v) is 5.57. The van der Waals surface area contributed by atoms with Crippen molar-refractivity contribution in [2.45, 2.75) is 51.1 Å². The largest absolute Gasteiger partial charge is 0.378 e. The maximum Gasteiger partial charge on any atom is 0.0649 e. The first-order chi connectivity index (χ1) is 6.22. The van der Waals surface area contributed by atoms with Crippen molar-refractivity contribution in [2.75, 3.05) is 13.2 Å². The van der Waals surface area contributed by atoms with Crippen LogP contribution in [0.1, 0.15) is 39.5 Å². The van der Waals surface area contributed by atoms with Crippen molar-refractivity contribution in [2.24, 2.45) is 5.92 Å². The molecule has 2 nitrogen and oxygen atoms in total. The second kappa shape index (κ2) is 3.58. The Morgan fingerprint density at radius 1 is 1.31 bits per heavy atom. The van der Waals surface area contributed by atoms with Crippen LogP contribution in [0.5, 0.6) is 0 Å². The monoisotopic (exact) mass is 183 g/mol. The molecule has 0 unspecified atom stereocenters. The molecule has 2 fully saturated rings. The Morgan fingerprint density at radius 3 is 2.62 bits per heavy atom. The highest BCUT2D eigenvalue weighted by atomic mass is 16.5. The van der Waals surface area contributed by atoms with Gasteiger partial charge in [0, 0.05) is 11.6 Å². The van der Waals surface area contributed by atoms with Gasteiger partial charge in [-0.25, -0.2) is 0 Å². The van der Waals surface area contributed by atoms with Gasteiger partial charge in [-0.3, -0.25) is 0 Å². The fourth-order valence-corrected chi connectivity index (χ4v) is 2.56. The quantitative estimate of drug-likeness (QED) is 0.671. The van der Waals surface area contributed by atoms with E-state index in [2.05, 4.69) is 19.2 Å². The number of nitrogens with one attached hydrogen (secondary N) is 1. The Labute approximate surface area is 81.0 Å². The lowest BCUT2D eigenvalue weighted by Crippen LogP contribution is -2.59. The summed E-state index contributed by atoms with van der Waals surface area (Å²) in [6.45, 7) is 6.39. The smallest absolute Gasteiger partial charge is 0.0649 e. The van der Waals surface area contributed by atoms with Crippen LogP contribution in [0.3, 0.4) is 0 Å². The Bertz CT molecular complexity index is 173. The number of rotatable bonds is 1. The summed E-state index contributed by atoms with van der Waals surface area (Å²) in [6, 6.07) is 0.576. The van der Waals surface area contributed by atoms with E-state index >= 15 is 0 Å². The summed E-state index contributed by atoms with van der Waals surface area (Å²) in [4.78, 5) is 0. The van der Waals surface area contributed by atoms with Gasteiger partial charge >= 0.3 is 0 Å². The van der Waals surface area contributed by atoms with Crippen LogP contribution >= 0.6 is 0 Å². The van der Waals surface area contributed by atoms with Crippen LogP contribution in [0.25, 0.3) is 0 Å². The highest BCUT2D eigenvalue weighted by molar-refractivity contribution is 4.97. The molecule has 2 aliphatic rings. The predicted octanol–water partition coefficient (Wildman–Crippen LogP) is 1.94. The number of hydrogen-bond donors (Lipinski definition) is 1. The molecule has 1 saturated heterocycles. The lowest BCUT2D eigenvalue weighted by atomic mass is 9.92. The summed E-state index contributed by atoms with van der Waals surface area (Å²) < 4.78 is 5.72. The molecule has 1 N–H and O–H groups in total. The first-order valence-electron chi connectivity index (χ1n) is 5.57. The molecule has 0 bridgehead atoms. The highest BCUT2D eigenvalue weighted by Crippen LogP contribution is 2.33. The van der Waals surface area contributed by atoms with E-state index in [0.29, 0.717) is 17.5 Å². The maximum atomic E-state index is 5.72. The lowest BCUT2D eigenvalue weighted by molar-refractivity contribution is -0.0106. The zero-order valence-corrected chi connectivity index (χ0v) is 8.81. The minimum Gasteiger partial charge on any atom is -0.378 e. The molecule has 1 spiro atoms. The van der Waals surface area contributed by atoms with Crippen LogP contribution in [-0.4, -0.2) is 24.8 Å². The summed E-state index contributed by atoms with van der Waals surface area (Å²) in [7, 11) is 0. The van der Waals surface area contributed by atoms with E-state index in [0.717, 1.165) is 13.2 Å². The van der Waals surface area contributed by atoms with E-state index in [1.165, 1.54) is 25.7 Å². The van der Waals surface area contributed by atoms with Crippen LogP contribution in [0.4, 0.5) is 0 Å². The number of hydrogen-bond acceptors (Lipinski definition) is 2. The van der Waals surface area contributed by atoms with Crippen molar-refractivity contribution in [1.29, 1.82) is 0 Å². The molecule has 13 heavy (non-hydrogen) atoms. The van der Waals surface area contributed by atoms with Gasteiger partial charge in [0.1, 0.15) is 0 Å². The standard InChI is InChI=1S/C11H21NO/c1-9(2)10-7-13-8-11(12-10)5-3-4-6-11/h9-10,12H,3-8H2,1-2H3/t10-/m1/s1. The summed E-state index contributed by atoms with van der Waals surface area (Å²) in [6.07, 6.45) is 5.38. The predicted molar refractivity (Wildman–Crippen MR) is 53.8 cm³/mol. The van der Waals surface area contributed by atoms with Gasteiger partial charge in [0.25, 0.3) is 0 Å². The molecule has 0 amide bonds. The molecule has 76 valence electrons. The third-order valence-corrected chi connectivity index (χ3v) is 3.53. The van der Waals surface area contributed by atoms with Gasteiger partial charge in [-0.1, -0.05) is 26.7 Å². The molecule has 1 heterocycles. The molecule has 0 aromatic rings. The SMILES string of the molecule is CC(C)[C@H]1COCC2(CCCC2)N1. The second-order valence-electron chi connectivity index (χ2n) is 5.00. The molecule has 2 rings (SSSR count). The second-order valence-corrected chi connectivity index (χ2v) is 5.00. The van der Waals surface area contributed by atoms with Gasteiger partial charge in [-0.15, -0.1) is 0 Å². The fraction of sp³-hybridized carbons (Fsp3) is 1.00. The van der Waals surface area contributed by atoms with Crippen molar-refractivity contribution in [1.82, 2.24) is 5.32 Å². The molecule has 0 aromatic heterocycles. The molecule has 1 saturated carbocycles. The summed E-state index contributed by atoms with van der Waals surface area (Å²) >= 11 is 0. The average molecular weight is 183 g/mol. The van der Waals surface area contributed by atoms with Crippen LogP contribution in [0.15, 0.2) is 0 Å². The minimum atomic E-state index is 0.354. The zero-order chi connectivity index (χ0) is 9.31. The third-order valence-electron chi connectivity index (χ3n) is 3.53. The first kappa shape index (κ1) is 9.47. The van der Waals surface area contributed by atoms with Crippen molar-refractivity contribution < 1.29 is 4.74 Å². The molecule has 2 heteroatoms. The van der Waals surface area contributed by atoms with Gasteiger partial charge in [0.15, 0.2) is 0 Å². The normalized spacial score (nSPS) is 33.0. The Morgan fingerprint density at radius 2 is 2.00 bits per heavy atom. The molecule has 1 aliphatic heterocycles. The van der Waals surface area contributed by atoms with E-state index in [4.69, 9.17) is 4.74 Å². The summed E-state index contributed by atoms with van der Waals surface area (Å²) in [5.74, 6) is 0.692. The Hall–Kier alpha value is -0.0800. The summed E-state index contributed by atoms with van der Waals surface area (Å²) in [5, 5.41) is 3.80. The average Bonchev–Trinajstić information content (AvgIpc) is 2.53. The van der Waals surface area contributed by atoms with Crippen LogP contribution < -0.4 is 5.32 Å². The zero-order valence-electron chi connectivity index (χ0n) is 8.81. The van der Waals surface area contributed by atoms with Gasteiger partial charge in [0.2, 0.25) is 0 Å². The van der Waals surface area contributed by atoms with E-state index in [-0.39, 0.29) is 0 Å². The van der Waals surface area contributed by atoms with Crippen molar-refractivity contribution in [3.05, 3.63) is 0 Å². The topological polar surface area (TPSA) is 21.3 Å². The van der Waals surface area contributed by atoms with Crippen molar-refractivity contribution in [3.63, 3.8) is 0 Å². The van der Waals surface area contributed by atoms with E-state index in [1.54, 1.807) is 0 Å². The van der Waals surface area contributed by atoms with Gasteiger partial charge in [0.05, 0.1) is 13.2 Å². The van der Waals surface area contributed by atoms with Gasteiger partial charge in [-0.05, 0) is 18.8 Å².